The number of hydrogen-bond acceptors (Lipinski definition) is 3. The van der Waals surface area contributed by atoms with Gasteiger partial charge in [-0.25, -0.2) is 9.97 Å². The molecule has 4 nitrogen and oxygen atoms in total. The highest BCUT2D eigenvalue weighted by atomic mass is 79.9. The highest BCUT2D eigenvalue weighted by molar-refractivity contribution is 9.10. The molecular weight excluding hydrogens is 436 g/mol. The van der Waals surface area contributed by atoms with Crippen molar-refractivity contribution in [2.24, 2.45) is 5.92 Å². The number of rotatable bonds is 4. The zero-order valence-electron chi connectivity index (χ0n) is 19.1. The maximum atomic E-state index is 4.96. The van der Waals surface area contributed by atoms with Crippen LogP contribution in [0.25, 0.3) is 16.7 Å². The van der Waals surface area contributed by atoms with Gasteiger partial charge >= 0.3 is 0 Å². The summed E-state index contributed by atoms with van der Waals surface area (Å²) >= 11 is 3.64. The zero-order valence-corrected chi connectivity index (χ0v) is 20.7. The quantitative estimate of drug-likeness (QED) is 0.424. The molecule has 0 N–H and O–H groups in total. The monoisotopic (exact) mass is 468 g/mol. The minimum atomic E-state index is 0.847. The summed E-state index contributed by atoms with van der Waals surface area (Å²) in [6, 6.07) is 4.38. The first-order chi connectivity index (χ1) is 14.3. The Morgan fingerprint density at radius 2 is 1.63 bits per heavy atom. The Kier molecular flexibility index (Phi) is 5.93. The minimum absolute atomic E-state index is 0.847. The summed E-state index contributed by atoms with van der Waals surface area (Å²) in [5, 5.41) is 1.22. The highest BCUT2D eigenvalue weighted by Crippen LogP contribution is 2.37. The van der Waals surface area contributed by atoms with E-state index in [4.69, 9.17) is 9.97 Å². The third kappa shape index (κ3) is 3.66. The summed E-state index contributed by atoms with van der Waals surface area (Å²) < 4.78 is 3.47. The number of anilines is 1. The lowest BCUT2D eigenvalue weighted by molar-refractivity contribution is 0.377. The van der Waals surface area contributed by atoms with Gasteiger partial charge in [0.1, 0.15) is 11.6 Å². The summed E-state index contributed by atoms with van der Waals surface area (Å²) in [6.45, 7) is 15.3. The summed E-state index contributed by atoms with van der Waals surface area (Å²) in [4.78, 5) is 12.4. The number of nitrogens with zero attached hydrogens (tertiary/aromatic N) is 4. The Bertz CT molecular complexity index is 1070. The Morgan fingerprint density at radius 1 is 1.00 bits per heavy atom. The molecule has 4 rings (SSSR count). The summed E-state index contributed by atoms with van der Waals surface area (Å²) in [5.41, 5.74) is 7.31. The second-order valence-electron chi connectivity index (χ2n) is 8.95. The van der Waals surface area contributed by atoms with Crippen molar-refractivity contribution in [1.29, 1.82) is 0 Å². The van der Waals surface area contributed by atoms with Crippen LogP contribution in [0.4, 0.5) is 5.82 Å². The maximum Gasteiger partial charge on any atom is 0.150 e. The molecule has 160 valence electrons. The lowest BCUT2D eigenvalue weighted by Gasteiger charge is -2.33. The second-order valence-corrected chi connectivity index (χ2v) is 9.86. The van der Waals surface area contributed by atoms with Crippen LogP contribution >= 0.6 is 15.9 Å². The molecule has 3 aromatic rings. The lowest BCUT2D eigenvalue weighted by atomic mass is 9.92. The third-order valence-corrected chi connectivity index (χ3v) is 7.20. The van der Waals surface area contributed by atoms with Gasteiger partial charge in [0.05, 0.1) is 11.1 Å². The lowest BCUT2D eigenvalue weighted by Crippen LogP contribution is -2.34. The van der Waals surface area contributed by atoms with Crippen molar-refractivity contribution < 1.29 is 0 Å². The normalized spacial score (nSPS) is 15.4. The van der Waals surface area contributed by atoms with Gasteiger partial charge in [-0.1, -0.05) is 35.7 Å². The molecule has 0 unspecified atom stereocenters. The largest absolute Gasteiger partial charge is 0.356 e. The van der Waals surface area contributed by atoms with Crippen molar-refractivity contribution in [3.05, 3.63) is 44.8 Å². The molecule has 0 bridgehead atoms. The van der Waals surface area contributed by atoms with Gasteiger partial charge in [0.15, 0.2) is 5.65 Å². The van der Waals surface area contributed by atoms with Gasteiger partial charge in [-0.2, -0.15) is 0 Å². The number of benzene rings is 1. The van der Waals surface area contributed by atoms with E-state index in [1.165, 1.54) is 59.1 Å². The van der Waals surface area contributed by atoms with Gasteiger partial charge in [0.2, 0.25) is 0 Å². The van der Waals surface area contributed by atoms with E-state index in [-0.39, 0.29) is 0 Å². The molecule has 0 spiro atoms. The first-order valence-corrected chi connectivity index (χ1v) is 12.0. The van der Waals surface area contributed by atoms with Crippen molar-refractivity contribution in [3.63, 3.8) is 0 Å². The van der Waals surface area contributed by atoms with Gasteiger partial charge < -0.3 is 4.90 Å². The minimum Gasteiger partial charge on any atom is -0.356 e. The number of piperidine rings is 1. The molecule has 0 atom stereocenters. The summed E-state index contributed by atoms with van der Waals surface area (Å²) in [5.74, 6) is 2.84. The van der Waals surface area contributed by atoms with E-state index in [9.17, 15) is 0 Å². The van der Waals surface area contributed by atoms with E-state index in [0.29, 0.717) is 0 Å². The third-order valence-electron chi connectivity index (χ3n) is 6.74. The molecule has 0 saturated carbocycles. The Morgan fingerprint density at radius 3 is 2.23 bits per heavy atom. The molecule has 1 fully saturated rings. The average Bonchev–Trinajstić information content (AvgIpc) is 2.92. The molecule has 1 saturated heterocycles. The highest BCUT2D eigenvalue weighted by Gasteiger charge is 2.26. The molecule has 1 aliphatic heterocycles. The Balaban J connectivity index is 1.88. The Hall–Kier alpha value is -1.88. The van der Waals surface area contributed by atoms with Gasteiger partial charge in [-0.05, 0) is 82.2 Å². The van der Waals surface area contributed by atoms with E-state index >= 15 is 0 Å². The number of halogens is 1. The van der Waals surface area contributed by atoms with Crippen molar-refractivity contribution in [1.82, 2.24) is 14.5 Å². The summed E-state index contributed by atoms with van der Waals surface area (Å²) in [7, 11) is 0. The molecule has 3 heterocycles. The van der Waals surface area contributed by atoms with Crippen LogP contribution in [-0.2, 0) is 0 Å². The average molecular weight is 469 g/mol. The van der Waals surface area contributed by atoms with E-state index in [0.717, 1.165) is 40.8 Å². The van der Waals surface area contributed by atoms with E-state index in [2.05, 4.69) is 72.1 Å². The smallest absolute Gasteiger partial charge is 0.150 e. The SMILES string of the molecule is CCCC1CCN(c2nc(C)nc3c2c(C)c(C)n3-c2c(C)cc(Br)cc2C)CC1. The number of aromatic nitrogens is 3. The van der Waals surface area contributed by atoms with Crippen molar-refractivity contribution in [2.75, 3.05) is 18.0 Å². The molecule has 2 aromatic heterocycles. The number of fused-ring (bicyclic) bond motifs is 1. The number of hydrogen-bond donors (Lipinski definition) is 0. The predicted octanol–water partition coefficient (Wildman–Crippen LogP) is 6.74. The standard InChI is InChI=1S/C25H33BrN4/c1-7-8-20-9-11-29(12-10-20)24-22-17(4)18(5)30(25(22)28-19(6)27-24)23-15(2)13-21(26)14-16(23)3/h13-14,20H,7-12H2,1-6H3. The molecule has 1 aliphatic rings. The first-order valence-electron chi connectivity index (χ1n) is 11.2. The molecular formula is C25H33BrN4. The molecule has 1 aromatic carbocycles. The molecule has 0 radical (unpaired) electrons. The van der Waals surface area contributed by atoms with Crippen molar-refractivity contribution >= 4 is 32.8 Å². The predicted molar refractivity (Wildman–Crippen MR) is 130 cm³/mol. The van der Waals surface area contributed by atoms with Crippen molar-refractivity contribution in [2.45, 2.75) is 67.2 Å². The van der Waals surface area contributed by atoms with Gasteiger partial charge in [-0.15, -0.1) is 0 Å². The second kappa shape index (κ2) is 8.33. The molecule has 30 heavy (non-hydrogen) atoms. The van der Waals surface area contributed by atoms with Crippen LogP contribution in [-0.4, -0.2) is 27.6 Å². The zero-order chi connectivity index (χ0) is 21.6. The Labute approximate surface area is 188 Å². The molecule has 0 amide bonds. The molecule has 5 heteroatoms. The fourth-order valence-corrected chi connectivity index (χ4v) is 5.83. The van der Waals surface area contributed by atoms with Gasteiger partial charge in [-0.3, -0.25) is 4.57 Å². The van der Waals surface area contributed by atoms with E-state index in [1.54, 1.807) is 0 Å². The van der Waals surface area contributed by atoms with Crippen LogP contribution in [0.1, 0.15) is 60.8 Å². The van der Waals surface area contributed by atoms with Crippen LogP contribution in [0.2, 0.25) is 0 Å². The van der Waals surface area contributed by atoms with Crippen LogP contribution < -0.4 is 4.90 Å². The number of aryl methyl sites for hydroxylation is 4. The summed E-state index contributed by atoms with van der Waals surface area (Å²) in [6.07, 6.45) is 5.17. The van der Waals surface area contributed by atoms with Crippen LogP contribution in [0.15, 0.2) is 16.6 Å². The van der Waals surface area contributed by atoms with E-state index < -0.39 is 0 Å². The maximum absolute atomic E-state index is 4.96. The topological polar surface area (TPSA) is 34.0 Å². The van der Waals surface area contributed by atoms with E-state index in [1.807, 2.05) is 6.92 Å². The fraction of sp³-hybridized carbons (Fsp3) is 0.520. The van der Waals surface area contributed by atoms with Crippen LogP contribution in [0, 0.1) is 40.5 Å². The fourth-order valence-electron chi connectivity index (χ4n) is 5.15. The van der Waals surface area contributed by atoms with Gasteiger partial charge in [0.25, 0.3) is 0 Å². The van der Waals surface area contributed by atoms with Gasteiger partial charge in [0, 0.05) is 23.3 Å². The van der Waals surface area contributed by atoms with Crippen molar-refractivity contribution in [3.8, 4) is 5.69 Å². The van der Waals surface area contributed by atoms with Crippen LogP contribution in [0.5, 0.6) is 0 Å². The molecule has 0 aliphatic carbocycles. The first kappa shape index (κ1) is 21.4. The van der Waals surface area contributed by atoms with Crippen LogP contribution in [0.3, 0.4) is 0 Å².